The zero-order valence-electron chi connectivity index (χ0n) is 18.7. The number of thiophene rings is 1. The first-order valence-electron chi connectivity index (χ1n) is 10.7. The molecule has 0 radical (unpaired) electrons. The van der Waals surface area contributed by atoms with Gasteiger partial charge in [-0.2, -0.15) is 5.26 Å². The largest absolute Gasteiger partial charge is 0.440 e. The lowest BCUT2D eigenvalue weighted by Crippen LogP contribution is -2.23. The summed E-state index contributed by atoms with van der Waals surface area (Å²) in [6.07, 6.45) is -1.13. The number of nitrogens with zero attached hydrogens (tertiary/aromatic N) is 2. The van der Waals surface area contributed by atoms with Crippen LogP contribution in [0.4, 0.5) is 0 Å². The fourth-order valence-electron chi connectivity index (χ4n) is 3.73. The standard InChI is InChI=1S/C27H24N2O3S/c1-17(2)26(21-12-11-19-7-4-5-8-20(19)14-21)27(30)31-23(15-28)22-9-6-10-24(29-22)32-25-13-18(3)16-33-25/h4-14,16-17,23,26H,1-3H3. The van der Waals surface area contributed by atoms with E-state index in [1.165, 1.54) is 11.3 Å². The molecule has 2 unspecified atom stereocenters. The molecular weight excluding hydrogens is 432 g/mol. The Balaban J connectivity index is 1.55. The highest BCUT2D eigenvalue weighted by atomic mass is 32.1. The van der Waals surface area contributed by atoms with E-state index in [0.29, 0.717) is 16.6 Å². The smallest absolute Gasteiger partial charge is 0.315 e. The quantitative estimate of drug-likeness (QED) is 0.282. The van der Waals surface area contributed by atoms with Crippen molar-refractivity contribution in [3.8, 4) is 17.0 Å². The molecule has 4 rings (SSSR count). The number of carbonyl (C=O) groups excluding carboxylic acids is 1. The lowest BCUT2D eigenvalue weighted by molar-refractivity contribution is -0.150. The predicted octanol–water partition coefficient (Wildman–Crippen LogP) is 6.94. The van der Waals surface area contributed by atoms with E-state index in [2.05, 4.69) is 11.1 Å². The molecule has 0 spiro atoms. The molecule has 2 atom stereocenters. The van der Waals surface area contributed by atoms with Crippen LogP contribution in [0, 0.1) is 24.2 Å². The van der Waals surface area contributed by atoms with Gasteiger partial charge in [-0.05, 0) is 52.3 Å². The van der Waals surface area contributed by atoms with Crippen LogP contribution >= 0.6 is 11.3 Å². The Labute approximate surface area is 197 Å². The number of rotatable bonds is 7. The first kappa shape index (κ1) is 22.5. The van der Waals surface area contributed by atoms with Gasteiger partial charge < -0.3 is 9.47 Å². The van der Waals surface area contributed by atoms with Gasteiger partial charge in [0.25, 0.3) is 0 Å². The summed E-state index contributed by atoms with van der Waals surface area (Å²) < 4.78 is 11.5. The van der Waals surface area contributed by atoms with Crippen molar-refractivity contribution >= 4 is 28.1 Å². The Kier molecular flexibility index (Phi) is 6.71. The molecule has 6 heteroatoms. The number of pyridine rings is 1. The Bertz CT molecular complexity index is 1320. The Morgan fingerprint density at radius 3 is 2.52 bits per heavy atom. The van der Waals surface area contributed by atoms with Crippen LogP contribution in [0.3, 0.4) is 0 Å². The van der Waals surface area contributed by atoms with Crippen LogP contribution in [-0.4, -0.2) is 11.0 Å². The minimum atomic E-state index is -1.13. The van der Waals surface area contributed by atoms with Gasteiger partial charge in [0.2, 0.25) is 12.0 Å². The summed E-state index contributed by atoms with van der Waals surface area (Å²) in [7, 11) is 0. The summed E-state index contributed by atoms with van der Waals surface area (Å²) >= 11 is 1.47. The molecule has 0 amide bonds. The van der Waals surface area contributed by atoms with Gasteiger partial charge in [0, 0.05) is 6.07 Å². The minimum absolute atomic E-state index is 0.0114. The number of carbonyl (C=O) groups is 1. The Morgan fingerprint density at radius 1 is 1.03 bits per heavy atom. The van der Waals surface area contributed by atoms with Crippen molar-refractivity contribution < 1.29 is 14.3 Å². The van der Waals surface area contributed by atoms with Gasteiger partial charge in [-0.15, -0.1) is 11.3 Å². The van der Waals surface area contributed by atoms with E-state index in [4.69, 9.17) is 9.47 Å². The molecule has 166 valence electrons. The van der Waals surface area contributed by atoms with Crippen molar-refractivity contribution in [3.63, 3.8) is 0 Å². The maximum absolute atomic E-state index is 13.2. The zero-order chi connectivity index (χ0) is 23.4. The first-order valence-corrected chi connectivity index (χ1v) is 11.6. The highest BCUT2D eigenvalue weighted by molar-refractivity contribution is 7.12. The van der Waals surface area contributed by atoms with Crippen LogP contribution in [0.15, 0.2) is 72.1 Å². The molecule has 0 saturated heterocycles. The number of hydrogen-bond donors (Lipinski definition) is 0. The summed E-state index contributed by atoms with van der Waals surface area (Å²) in [5.74, 6) is -0.615. The molecule has 5 nitrogen and oxygen atoms in total. The van der Waals surface area contributed by atoms with E-state index in [1.54, 1.807) is 18.2 Å². The molecule has 0 aliphatic carbocycles. The molecule has 2 aromatic heterocycles. The van der Waals surface area contributed by atoms with E-state index in [0.717, 1.165) is 21.9 Å². The summed E-state index contributed by atoms with van der Waals surface area (Å²) in [4.78, 5) is 17.6. The number of aryl methyl sites for hydroxylation is 1. The highest BCUT2D eigenvalue weighted by Gasteiger charge is 2.29. The normalized spacial score (nSPS) is 12.8. The second-order valence-corrected chi connectivity index (χ2v) is 9.09. The van der Waals surface area contributed by atoms with E-state index in [-0.39, 0.29) is 5.92 Å². The topological polar surface area (TPSA) is 72.2 Å². The van der Waals surface area contributed by atoms with Gasteiger partial charge >= 0.3 is 5.97 Å². The predicted molar refractivity (Wildman–Crippen MR) is 129 cm³/mol. The van der Waals surface area contributed by atoms with E-state index < -0.39 is 18.0 Å². The second-order valence-electron chi connectivity index (χ2n) is 8.22. The second kappa shape index (κ2) is 9.85. The van der Waals surface area contributed by atoms with Crippen molar-refractivity contribution in [1.82, 2.24) is 4.98 Å². The fraction of sp³-hybridized carbons (Fsp3) is 0.222. The van der Waals surface area contributed by atoms with Crippen molar-refractivity contribution in [2.75, 3.05) is 0 Å². The van der Waals surface area contributed by atoms with Crippen molar-refractivity contribution in [1.29, 1.82) is 5.26 Å². The number of esters is 1. The highest BCUT2D eigenvalue weighted by Crippen LogP contribution is 2.32. The third kappa shape index (κ3) is 5.21. The molecule has 4 aromatic rings. The minimum Gasteiger partial charge on any atom is -0.440 e. The molecule has 2 heterocycles. The summed E-state index contributed by atoms with van der Waals surface area (Å²) in [5, 5.41) is 14.6. The molecule has 33 heavy (non-hydrogen) atoms. The molecular formula is C27H24N2O3S. The van der Waals surface area contributed by atoms with E-state index >= 15 is 0 Å². The zero-order valence-corrected chi connectivity index (χ0v) is 19.5. The Morgan fingerprint density at radius 2 is 1.82 bits per heavy atom. The third-order valence-corrected chi connectivity index (χ3v) is 6.25. The van der Waals surface area contributed by atoms with Crippen LogP contribution < -0.4 is 4.74 Å². The van der Waals surface area contributed by atoms with Crippen molar-refractivity contribution in [2.45, 2.75) is 32.8 Å². The average molecular weight is 457 g/mol. The summed E-state index contributed by atoms with van der Waals surface area (Å²) in [6, 6.07) is 23.1. The molecule has 0 aliphatic rings. The molecule has 0 N–H and O–H groups in total. The van der Waals surface area contributed by atoms with Gasteiger partial charge in [-0.1, -0.05) is 62.4 Å². The maximum atomic E-state index is 13.2. The SMILES string of the molecule is Cc1csc(Oc2cccc(C(C#N)OC(=O)C(c3ccc4ccccc4c3)C(C)C)n2)c1. The number of hydrogen-bond acceptors (Lipinski definition) is 6. The average Bonchev–Trinajstić information content (AvgIpc) is 3.21. The van der Waals surface area contributed by atoms with Gasteiger partial charge in [0.15, 0.2) is 5.06 Å². The van der Waals surface area contributed by atoms with Crippen LogP contribution in [0.1, 0.15) is 42.7 Å². The van der Waals surface area contributed by atoms with Crippen LogP contribution in [0.5, 0.6) is 10.9 Å². The molecule has 0 aliphatic heterocycles. The monoisotopic (exact) mass is 456 g/mol. The molecule has 2 aromatic carbocycles. The lowest BCUT2D eigenvalue weighted by atomic mass is 9.87. The number of benzene rings is 2. The molecule has 0 saturated carbocycles. The van der Waals surface area contributed by atoms with Crippen molar-refractivity contribution in [3.05, 3.63) is 88.9 Å². The first-order chi connectivity index (χ1) is 15.9. The molecule has 0 fully saturated rings. The van der Waals surface area contributed by atoms with E-state index in [9.17, 15) is 10.1 Å². The number of fused-ring (bicyclic) bond motifs is 1. The third-order valence-electron chi connectivity index (χ3n) is 5.33. The fourth-order valence-corrected chi connectivity index (χ4v) is 4.49. The van der Waals surface area contributed by atoms with Gasteiger partial charge in [0.05, 0.1) is 11.6 Å². The summed E-state index contributed by atoms with van der Waals surface area (Å²) in [6.45, 7) is 5.93. The number of aromatic nitrogens is 1. The maximum Gasteiger partial charge on any atom is 0.315 e. The van der Waals surface area contributed by atoms with Gasteiger partial charge in [0.1, 0.15) is 6.07 Å². The van der Waals surface area contributed by atoms with Crippen LogP contribution in [0.25, 0.3) is 10.8 Å². The number of nitriles is 1. The number of ether oxygens (including phenoxy) is 2. The molecule has 0 bridgehead atoms. The van der Waals surface area contributed by atoms with Gasteiger partial charge in [-0.25, -0.2) is 4.98 Å². The van der Waals surface area contributed by atoms with E-state index in [1.807, 2.05) is 74.7 Å². The lowest BCUT2D eigenvalue weighted by Gasteiger charge is -2.22. The van der Waals surface area contributed by atoms with Gasteiger partial charge in [-0.3, -0.25) is 4.79 Å². The van der Waals surface area contributed by atoms with Crippen molar-refractivity contribution in [2.24, 2.45) is 5.92 Å². The Hall–Kier alpha value is -3.69. The van der Waals surface area contributed by atoms with Crippen LogP contribution in [-0.2, 0) is 9.53 Å². The summed E-state index contributed by atoms with van der Waals surface area (Å²) in [5.41, 5.74) is 2.30. The van der Waals surface area contributed by atoms with Crippen LogP contribution in [0.2, 0.25) is 0 Å².